The zero-order valence-corrected chi connectivity index (χ0v) is 13.8. The van der Waals surface area contributed by atoms with Gasteiger partial charge in [0.15, 0.2) is 11.5 Å². The fourth-order valence-electron chi connectivity index (χ4n) is 2.58. The molecule has 0 spiro atoms. The third-order valence-corrected chi connectivity index (χ3v) is 3.93. The van der Waals surface area contributed by atoms with Crippen molar-refractivity contribution < 1.29 is 14.6 Å². The molecule has 0 heterocycles. The van der Waals surface area contributed by atoms with Gasteiger partial charge in [-0.2, -0.15) is 0 Å². The third kappa shape index (κ3) is 3.51. The molecular weight excluding hydrogens is 300 g/mol. The van der Waals surface area contributed by atoms with Crippen molar-refractivity contribution in [1.82, 2.24) is 0 Å². The number of aromatic hydroxyl groups is 1. The highest BCUT2D eigenvalue weighted by Crippen LogP contribution is 2.33. The van der Waals surface area contributed by atoms with Crippen molar-refractivity contribution >= 4 is 0 Å². The molecule has 3 rings (SSSR count). The summed E-state index contributed by atoms with van der Waals surface area (Å²) in [5.41, 5.74) is 4.25. The number of aryl methyl sites for hydroxylation is 1. The molecule has 0 amide bonds. The Hall–Kier alpha value is -2.94. The standard InChI is InChI=1S/C21H20O3/c1-15-12-17(18-8-10-19(22)21(13-18)23-2)9-11-20(15)24-14-16-6-4-3-5-7-16/h3-13,22H,14H2,1-2H3. The fraction of sp³-hybridized carbons (Fsp3) is 0.143. The first kappa shape index (κ1) is 15.9. The Bertz CT molecular complexity index is 826. The van der Waals surface area contributed by atoms with E-state index in [1.807, 2.05) is 61.5 Å². The topological polar surface area (TPSA) is 38.7 Å². The van der Waals surface area contributed by atoms with Crippen LogP contribution >= 0.6 is 0 Å². The van der Waals surface area contributed by atoms with Gasteiger partial charge >= 0.3 is 0 Å². The molecule has 0 atom stereocenters. The average molecular weight is 320 g/mol. The summed E-state index contributed by atoms with van der Waals surface area (Å²) in [6, 6.07) is 21.5. The van der Waals surface area contributed by atoms with Crippen LogP contribution in [0.5, 0.6) is 17.2 Å². The Labute approximate surface area is 142 Å². The Kier molecular flexibility index (Phi) is 4.71. The van der Waals surface area contributed by atoms with E-state index in [0.717, 1.165) is 28.0 Å². The summed E-state index contributed by atoms with van der Waals surface area (Å²) in [5.74, 6) is 1.48. The first-order chi connectivity index (χ1) is 11.7. The minimum Gasteiger partial charge on any atom is -0.504 e. The molecule has 3 aromatic rings. The van der Waals surface area contributed by atoms with Crippen LogP contribution in [0.3, 0.4) is 0 Å². The smallest absolute Gasteiger partial charge is 0.161 e. The number of hydrogen-bond donors (Lipinski definition) is 1. The molecule has 3 aromatic carbocycles. The number of benzene rings is 3. The summed E-state index contributed by atoms with van der Waals surface area (Å²) in [6.45, 7) is 2.58. The van der Waals surface area contributed by atoms with Crippen LogP contribution in [0.1, 0.15) is 11.1 Å². The van der Waals surface area contributed by atoms with Gasteiger partial charge in [-0.3, -0.25) is 0 Å². The van der Waals surface area contributed by atoms with Crippen molar-refractivity contribution in [2.24, 2.45) is 0 Å². The lowest BCUT2D eigenvalue weighted by atomic mass is 10.0. The molecule has 0 unspecified atom stereocenters. The van der Waals surface area contributed by atoms with E-state index in [-0.39, 0.29) is 5.75 Å². The molecule has 0 fully saturated rings. The molecule has 3 heteroatoms. The third-order valence-electron chi connectivity index (χ3n) is 3.93. The lowest BCUT2D eigenvalue weighted by Gasteiger charge is -2.12. The monoisotopic (exact) mass is 320 g/mol. The lowest BCUT2D eigenvalue weighted by Crippen LogP contribution is -1.97. The minimum absolute atomic E-state index is 0.140. The Balaban J connectivity index is 1.79. The predicted octanol–water partition coefficient (Wildman–Crippen LogP) is 4.96. The van der Waals surface area contributed by atoms with Crippen LogP contribution in [0, 0.1) is 6.92 Å². The van der Waals surface area contributed by atoms with Gasteiger partial charge < -0.3 is 14.6 Å². The van der Waals surface area contributed by atoms with Crippen molar-refractivity contribution in [2.75, 3.05) is 7.11 Å². The lowest BCUT2D eigenvalue weighted by molar-refractivity contribution is 0.304. The zero-order chi connectivity index (χ0) is 16.9. The van der Waals surface area contributed by atoms with Gasteiger partial charge in [-0.15, -0.1) is 0 Å². The Morgan fingerprint density at radius 3 is 2.25 bits per heavy atom. The van der Waals surface area contributed by atoms with E-state index in [1.54, 1.807) is 13.2 Å². The van der Waals surface area contributed by atoms with E-state index < -0.39 is 0 Å². The maximum absolute atomic E-state index is 9.71. The summed E-state index contributed by atoms with van der Waals surface area (Å²) in [4.78, 5) is 0. The Morgan fingerprint density at radius 1 is 0.833 bits per heavy atom. The summed E-state index contributed by atoms with van der Waals surface area (Å²) < 4.78 is 11.1. The molecule has 24 heavy (non-hydrogen) atoms. The maximum atomic E-state index is 9.71. The highest BCUT2D eigenvalue weighted by Gasteiger charge is 2.07. The zero-order valence-electron chi connectivity index (χ0n) is 13.8. The molecule has 0 radical (unpaired) electrons. The van der Waals surface area contributed by atoms with Crippen molar-refractivity contribution in [3.05, 3.63) is 77.9 Å². The summed E-state index contributed by atoms with van der Waals surface area (Å²) >= 11 is 0. The molecule has 1 N–H and O–H groups in total. The number of ether oxygens (including phenoxy) is 2. The number of rotatable bonds is 5. The van der Waals surface area contributed by atoms with Gasteiger partial charge in [0.05, 0.1) is 7.11 Å². The van der Waals surface area contributed by atoms with Crippen molar-refractivity contribution in [2.45, 2.75) is 13.5 Å². The van der Waals surface area contributed by atoms with Gasteiger partial charge in [0.25, 0.3) is 0 Å². The second-order valence-electron chi connectivity index (χ2n) is 5.64. The molecule has 0 aliphatic carbocycles. The van der Waals surface area contributed by atoms with Gasteiger partial charge in [-0.25, -0.2) is 0 Å². The number of phenolic OH excluding ortho intramolecular Hbond substituents is 1. The van der Waals surface area contributed by atoms with E-state index >= 15 is 0 Å². The number of methoxy groups -OCH3 is 1. The summed E-state index contributed by atoms with van der Waals surface area (Å²) in [7, 11) is 1.55. The van der Waals surface area contributed by atoms with E-state index in [0.29, 0.717) is 12.4 Å². The van der Waals surface area contributed by atoms with E-state index in [2.05, 4.69) is 6.07 Å². The molecule has 0 aliphatic heterocycles. The molecule has 0 bridgehead atoms. The van der Waals surface area contributed by atoms with Gasteiger partial charge in [0.1, 0.15) is 12.4 Å². The molecule has 0 saturated carbocycles. The first-order valence-corrected chi connectivity index (χ1v) is 7.82. The van der Waals surface area contributed by atoms with Gasteiger partial charge in [-0.05, 0) is 53.4 Å². The van der Waals surface area contributed by atoms with Crippen LogP contribution < -0.4 is 9.47 Å². The van der Waals surface area contributed by atoms with E-state index in [1.165, 1.54) is 0 Å². The highest BCUT2D eigenvalue weighted by molar-refractivity contribution is 5.68. The van der Waals surface area contributed by atoms with Crippen LogP contribution in [-0.2, 0) is 6.61 Å². The van der Waals surface area contributed by atoms with Gasteiger partial charge in [0.2, 0.25) is 0 Å². The minimum atomic E-state index is 0.140. The Morgan fingerprint density at radius 2 is 1.54 bits per heavy atom. The van der Waals surface area contributed by atoms with Gasteiger partial charge in [0, 0.05) is 0 Å². The molecule has 0 saturated heterocycles. The van der Waals surface area contributed by atoms with Crippen LogP contribution in [-0.4, -0.2) is 12.2 Å². The van der Waals surface area contributed by atoms with E-state index in [4.69, 9.17) is 9.47 Å². The quantitative estimate of drug-likeness (QED) is 0.722. The van der Waals surface area contributed by atoms with Crippen LogP contribution in [0.25, 0.3) is 11.1 Å². The normalized spacial score (nSPS) is 10.4. The summed E-state index contributed by atoms with van der Waals surface area (Å²) in [6.07, 6.45) is 0. The molecule has 0 aromatic heterocycles. The van der Waals surface area contributed by atoms with Crippen LogP contribution in [0.4, 0.5) is 0 Å². The van der Waals surface area contributed by atoms with Gasteiger partial charge in [-0.1, -0.05) is 42.5 Å². The molecule has 3 nitrogen and oxygen atoms in total. The first-order valence-electron chi connectivity index (χ1n) is 7.82. The SMILES string of the molecule is COc1cc(-c2ccc(OCc3ccccc3)c(C)c2)ccc1O. The highest BCUT2D eigenvalue weighted by atomic mass is 16.5. The van der Waals surface area contributed by atoms with Crippen molar-refractivity contribution in [3.8, 4) is 28.4 Å². The maximum Gasteiger partial charge on any atom is 0.161 e. The predicted molar refractivity (Wildman–Crippen MR) is 95.6 cm³/mol. The second kappa shape index (κ2) is 7.09. The molecule has 0 aliphatic rings. The number of hydrogen-bond acceptors (Lipinski definition) is 3. The largest absolute Gasteiger partial charge is 0.504 e. The second-order valence-corrected chi connectivity index (χ2v) is 5.64. The van der Waals surface area contributed by atoms with E-state index in [9.17, 15) is 5.11 Å². The van der Waals surface area contributed by atoms with Crippen LogP contribution in [0.15, 0.2) is 66.7 Å². The van der Waals surface area contributed by atoms with Crippen molar-refractivity contribution in [1.29, 1.82) is 0 Å². The van der Waals surface area contributed by atoms with Crippen LogP contribution in [0.2, 0.25) is 0 Å². The van der Waals surface area contributed by atoms with Crippen molar-refractivity contribution in [3.63, 3.8) is 0 Å². The fourth-order valence-corrected chi connectivity index (χ4v) is 2.58. The average Bonchev–Trinajstić information content (AvgIpc) is 2.62. The summed E-state index contributed by atoms with van der Waals surface area (Å²) in [5, 5.41) is 9.71. The number of phenols is 1. The molecular formula is C21H20O3. The molecule has 122 valence electrons.